The Balaban J connectivity index is 1.31. The van der Waals surface area contributed by atoms with Gasteiger partial charge in [-0.05, 0) is 42.0 Å². The molecule has 1 atom stereocenters. The van der Waals surface area contributed by atoms with Crippen LogP contribution >= 0.6 is 0 Å². The second-order valence-electron chi connectivity index (χ2n) is 7.00. The largest absolute Gasteiger partial charge is 0.491 e. The first-order valence-electron chi connectivity index (χ1n) is 9.85. The fourth-order valence-corrected chi connectivity index (χ4v) is 3.28. The smallest absolute Gasteiger partial charge is 0.135 e. The van der Waals surface area contributed by atoms with E-state index in [2.05, 4.69) is 4.98 Å². The van der Waals surface area contributed by atoms with Crippen molar-refractivity contribution < 1.29 is 19.7 Å². The predicted molar refractivity (Wildman–Crippen MR) is 114 cm³/mol. The van der Waals surface area contributed by atoms with Crippen molar-refractivity contribution in [3.8, 4) is 11.5 Å². The van der Waals surface area contributed by atoms with Crippen LogP contribution in [0.15, 0.2) is 78.9 Å². The molecule has 0 aliphatic heterocycles. The maximum absolute atomic E-state index is 10.4. The van der Waals surface area contributed by atoms with Gasteiger partial charge in [-0.2, -0.15) is 0 Å². The number of benzene rings is 3. The van der Waals surface area contributed by atoms with Gasteiger partial charge in [-0.3, -0.25) is 0 Å². The topological polar surface area (TPSA) is 76.7 Å². The van der Waals surface area contributed by atoms with Crippen LogP contribution in [0.5, 0.6) is 11.5 Å². The Morgan fingerprint density at radius 2 is 1.50 bits per heavy atom. The summed E-state index contributed by atoms with van der Waals surface area (Å²) in [5.41, 5.74) is 2.77. The molecule has 0 bridgehead atoms. The fourth-order valence-electron chi connectivity index (χ4n) is 3.28. The van der Waals surface area contributed by atoms with Crippen molar-refractivity contribution in [1.82, 2.24) is 9.55 Å². The Hall–Kier alpha value is -3.35. The van der Waals surface area contributed by atoms with Crippen molar-refractivity contribution >= 4 is 11.0 Å². The standard InChI is InChI=1S/C24H24N2O4/c27-15-24-25-22-8-4-5-9-23(22)26(24)14-19(28)17-30-21-12-10-20(11-13-21)29-16-18-6-2-1-3-7-18/h1-13,19,27-28H,14-17H2. The first kappa shape index (κ1) is 19.9. The summed E-state index contributed by atoms with van der Waals surface area (Å²) in [6.45, 7) is 0.731. The lowest BCUT2D eigenvalue weighted by Gasteiger charge is -2.15. The molecule has 0 saturated heterocycles. The monoisotopic (exact) mass is 404 g/mol. The lowest BCUT2D eigenvalue weighted by molar-refractivity contribution is 0.0914. The predicted octanol–water partition coefficient (Wildman–Crippen LogP) is 3.55. The molecule has 30 heavy (non-hydrogen) atoms. The molecule has 0 aliphatic rings. The van der Waals surface area contributed by atoms with E-state index in [1.807, 2.05) is 83.4 Å². The minimum atomic E-state index is -0.748. The highest BCUT2D eigenvalue weighted by molar-refractivity contribution is 5.75. The highest BCUT2D eigenvalue weighted by atomic mass is 16.5. The Labute approximate surface area is 175 Å². The zero-order valence-electron chi connectivity index (χ0n) is 16.5. The molecule has 6 nitrogen and oxygen atoms in total. The Bertz CT molecular complexity index is 1080. The molecule has 4 rings (SSSR count). The number of aliphatic hydroxyl groups excluding tert-OH is 2. The summed E-state index contributed by atoms with van der Waals surface area (Å²) in [5, 5.41) is 20.0. The van der Waals surface area contributed by atoms with E-state index >= 15 is 0 Å². The Morgan fingerprint density at radius 1 is 0.833 bits per heavy atom. The van der Waals surface area contributed by atoms with E-state index in [4.69, 9.17) is 9.47 Å². The van der Waals surface area contributed by atoms with Gasteiger partial charge in [-0.1, -0.05) is 42.5 Å². The molecular formula is C24H24N2O4. The number of nitrogens with zero attached hydrogens (tertiary/aromatic N) is 2. The quantitative estimate of drug-likeness (QED) is 0.446. The molecule has 0 spiro atoms. The van der Waals surface area contributed by atoms with Crippen LogP contribution in [0.1, 0.15) is 11.4 Å². The van der Waals surface area contributed by atoms with Crippen molar-refractivity contribution in [2.24, 2.45) is 0 Å². The molecule has 4 aromatic rings. The second kappa shape index (κ2) is 9.43. The average Bonchev–Trinajstić information content (AvgIpc) is 3.15. The molecule has 0 saturated carbocycles. The van der Waals surface area contributed by atoms with Crippen LogP contribution in [0.4, 0.5) is 0 Å². The van der Waals surface area contributed by atoms with E-state index in [0.29, 0.717) is 18.2 Å². The summed E-state index contributed by atoms with van der Waals surface area (Å²) in [5.74, 6) is 1.93. The van der Waals surface area contributed by atoms with Gasteiger partial charge in [0.2, 0.25) is 0 Å². The van der Waals surface area contributed by atoms with Gasteiger partial charge >= 0.3 is 0 Å². The van der Waals surface area contributed by atoms with Gasteiger partial charge in [-0.25, -0.2) is 4.98 Å². The molecule has 0 amide bonds. The molecule has 154 valence electrons. The van der Waals surface area contributed by atoms with E-state index in [9.17, 15) is 10.2 Å². The number of para-hydroxylation sites is 2. The van der Waals surface area contributed by atoms with Gasteiger partial charge in [0.05, 0.1) is 17.6 Å². The number of aromatic nitrogens is 2. The van der Waals surface area contributed by atoms with Crippen LogP contribution < -0.4 is 9.47 Å². The van der Waals surface area contributed by atoms with E-state index in [1.165, 1.54) is 0 Å². The van der Waals surface area contributed by atoms with Gasteiger partial charge < -0.3 is 24.3 Å². The summed E-state index contributed by atoms with van der Waals surface area (Å²) in [6.07, 6.45) is -0.748. The zero-order chi connectivity index (χ0) is 20.8. The summed E-state index contributed by atoms with van der Waals surface area (Å²) < 4.78 is 13.3. The normalized spacial score (nSPS) is 12.1. The lowest BCUT2D eigenvalue weighted by atomic mass is 10.2. The number of hydrogen-bond donors (Lipinski definition) is 2. The van der Waals surface area contributed by atoms with Crippen LogP contribution in [-0.4, -0.2) is 32.5 Å². The third kappa shape index (κ3) is 4.79. The minimum Gasteiger partial charge on any atom is -0.491 e. The van der Waals surface area contributed by atoms with Crippen LogP contribution in [0.2, 0.25) is 0 Å². The fraction of sp³-hybridized carbons (Fsp3) is 0.208. The van der Waals surface area contributed by atoms with Crippen molar-refractivity contribution in [3.05, 3.63) is 90.3 Å². The van der Waals surface area contributed by atoms with Gasteiger partial charge in [0.1, 0.15) is 43.2 Å². The summed E-state index contributed by atoms with van der Waals surface area (Å²) in [6, 6.07) is 24.9. The van der Waals surface area contributed by atoms with Crippen LogP contribution in [-0.2, 0) is 19.8 Å². The number of ether oxygens (including phenoxy) is 2. The summed E-state index contributed by atoms with van der Waals surface area (Å²) in [4.78, 5) is 4.40. The number of rotatable bonds is 9. The van der Waals surface area contributed by atoms with Crippen molar-refractivity contribution in [2.75, 3.05) is 6.61 Å². The average molecular weight is 404 g/mol. The number of aliphatic hydroxyl groups is 2. The maximum Gasteiger partial charge on any atom is 0.135 e. The van der Waals surface area contributed by atoms with Crippen LogP contribution in [0.25, 0.3) is 11.0 Å². The van der Waals surface area contributed by atoms with Crippen LogP contribution in [0, 0.1) is 0 Å². The van der Waals surface area contributed by atoms with Gasteiger partial charge in [-0.15, -0.1) is 0 Å². The SMILES string of the molecule is OCc1nc2ccccc2n1CC(O)COc1ccc(OCc2ccccc2)cc1. The first-order chi connectivity index (χ1) is 14.7. The van der Waals surface area contributed by atoms with E-state index < -0.39 is 6.10 Å². The van der Waals surface area contributed by atoms with Gasteiger partial charge in [0.25, 0.3) is 0 Å². The molecule has 1 unspecified atom stereocenters. The van der Waals surface area contributed by atoms with Gasteiger partial charge in [0.15, 0.2) is 0 Å². The third-order valence-corrected chi connectivity index (χ3v) is 4.78. The van der Waals surface area contributed by atoms with Crippen molar-refractivity contribution in [1.29, 1.82) is 0 Å². The molecule has 0 aliphatic carbocycles. The maximum atomic E-state index is 10.4. The summed E-state index contributed by atoms with van der Waals surface area (Å²) >= 11 is 0. The van der Waals surface area contributed by atoms with Crippen molar-refractivity contribution in [3.63, 3.8) is 0 Å². The van der Waals surface area contributed by atoms with E-state index in [0.717, 1.165) is 22.3 Å². The molecule has 1 heterocycles. The number of imidazole rings is 1. The number of hydrogen-bond acceptors (Lipinski definition) is 5. The molecule has 0 radical (unpaired) electrons. The highest BCUT2D eigenvalue weighted by Gasteiger charge is 2.14. The van der Waals surface area contributed by atoms with Crippen molar-refractivity contribution in [2.45, 2.75) is 25.9 Å². The van der Waals surface area contributed by atoms with Gasteiger partial charge in [0, 0.05) is 0 Å². The highest BCUT2D eigenvalue weighted by Crippen LogP contribution is 2.20. The third-order valence-electron chi connectivity index (χ3n) is 4.78. The molecule has 2 N–H and O–H groups in total. The lowest BCUT2D eigenvalue weighted by Crippen LogP contribution is -2.24. The molecule has 6 heteroatoms. The van der Waals surface area contributed by atoms with E-state index in [-0.39, 0.29) is 19.8 Å². The minimum absolute atomic E-state index is 0.127. The molecule has 1 aromatic heterocycles. The second-order valence-corrected chi connectivity index (χ2v) is 7.00. The molecule has 0 fully saturated rings. The Kier molecular flexibility index (Phi) is 6.27. The summed E-state index contributed by atoms with van der Waals surface area (Å²) in [7, 11) is 0. The molecule has 3 aromatic carbocycles. The van der Waals surface area contributed by atoms with Crippen LogP contribution in [0.3, 0.4) is 0 Å². The van der Waals surface area contributed by atoms with E-state index in [1.54, 1.807) is 0 Å². The Morgan fingerprint density at radius 3 is 2.23 bits per heavy atom. The molecular weight excluding hydrogens is 380 g/mol. The number of fused-ring (bicyclic) bond motifs is 1. The zero-order valence-corrected chi connectivity index (χ0v) is 16.5. The first-order valence-corrected chi connectivity index (χ1v) is 9.85.